The predicted molar refractivity (Wildman–Crippen MR) is 124 cm³/mol. The number of aromatic nitrogens is 3. The van der Waals surface area contributed by atoms with E-state index in [0.29, 0.717) is 10.9 Å². The maximum atomic E-state index is 13.4. The third kappa shape index (κ3) is 3.10. The molecule has 1 saturated heterocycles. The molecule has 0 saturated carbocycles. The van der Waals surface area contributed by atoms with E-state index in [0.717, 1.165) is 53.5 Å². The Kier molecular flexibility index (Phi) is 5.39. The van der Waals surface area contributed by atoms with Gasteiger partial charge in [-0.2, -0.15) is 0 Å². The summed E-state index contributed by atoms with van der Waals surface area (Å²) in [6, 6.07) is 17.6. The second-order valence-corrected chi connectivity index (χ2v) is 7.25. The Balaban J connectivity index is 0.00000218. The molecule has 3 heterocycles. The van der Waals surface area contributed by atoms with E-state index in [4.69, 9.17) is 9.72 Å². The van der Waals surface area contributed by atoms with Crippen molar-refractivity contribution in [1.29, 1.82) is 0 Å². The minimum Gasteiger partial charge on any atom is -0.497 e. The van der Waals surface area contributed by atoms with Gasteiger partial charge >= 0.3 is 0 Å². The number of hydrogen-bond donors (Lipinski definition) is 1. The van der Waals surface area contributed by atoms with Crippen molar-refractivity contribution in [3.63, 3.8) is 0 Å². The van der Waals surface area contributed by atoms with Gasteiger partial charge in [0.1, 0.15) is 11.0 Å². The van der Waals surface area contributed by atoms with Gasteiger partial charge in [0, 0.05) is 17.8 Å². The summed E-state index contributed by atoms with van der Waals surface area (Å²) in [7, 11) is 1.65. The summed E-state index contributed by atoms with van der Waals surface area (Å²) < 4.78 is 8.95. The Bertz CT molecular complexity index is 1300. The highest BCUT2D eigenvalue weighted by atomic mass is 79.9. The summed E-state index contributed by atoms with van der Waals surface area (Å²) in [5.74, 6) is 0.803. The summed E-state index contributed by atoms with van der Waals surface area (Å²) >= 11 is 0. The second kappa shape index (κ2) is 7.99. The van der Waals surface area contributed by atoms with Gasteiger partial charge in [0.2, 0.25) is 0 Å². The summed E-state index contributed by atoms with van der Waals surface area (Å²) in [6.07, 6.45) is 1.90. The summed E-state index contributed by atoms with van der Waals surface area (Å²) in [5, 5.41) is 4.06. The van der Waals surface area contributed by atoms with E-state index in [1.165, 1.54) is 0 Å². The first-order valence-corrected chi connectivity index (χ1v) is 9.80. The van der Waals surface area contributed by atoms with Crippen molar-refractivity contribution in [1.82, 2.24) is 19.5 Å². The molecule has 0 atom stereocenters. The van der Waals surface area contributed by atoms with E-state index in [9.17, 15) is 4.79 Å². The molecule has 7 heteroatoms. The van der Waals surface area contributed by atoms with Crippen LogP contribution in [0.25, 0.3) is 28.3 Å². The lowest BCUT2D eigenvalue weighted by molar-refractivity contribution is 0.415. The van der Waals surface area contributed by atoms with Crippen molar-refractivity contribution in [3.05, 3.63) is 75.9 Å². The van der Waals surface area contributed by atoms with Crippen LogP contribution in [-0.2, 0) is 0 Å². The first-order valence-electron chi connectivity index (χ1n) is 9.80. The van der Waals surface area contributed by atoms with Crippen LogP contribution in [-0.4, -0.2) is 27.8 Å². The summed E-state index contributed by atoms with van der Waals surface area (Å²) in [4.78, 5) is 18.4. The molecule has 0 spiro atoms. The molecule has 1 aliphatic heterocycles. The van der Waals surface area contributed by atoms with Crippen molar-refractivity contribution in [2.75, 3.05) is 13.7 Å². The fraction of sp³-hybridized carbons (Fsp3) is 0.217. The highest BCUT2D eigenvalue weighted by Gasteiger charge is 2.22. The summed E-state index contributed by atoms with van der Waals surface area (Å²) in [6.45, 7) is 2.90. The third-order valence-electron chi connectivity index (χ3n) is 5.52. The molecule has 1 aliphatic rings. The van der Waals surface area contributed by atoms with Gasteiger partial charge in [-0.05, 0) is 56.2 Å². The maximum Gasteiger partial charge on any atom is 0.283 e. The third-order valence-corrected chi connectivity index (χ3v) is 5.52. The van der Waals surface area contributed by atoms with Crippen LogP contribution >= 0.6 is 17.0 Å². The number of ether oxygens (including phenoxy) is 1. The van der Waals surface area contributed by atoms with Gasteiger partial charge in [-0.1, -0.05) is 18.2 Å². The van der Waals surface area contributed by atoms with Crippen LogP contribution in [0.15, 0.2) is 59.4 Å². The molecule has 0 bridgehead atoms. The number of hydrogen-bond acceptors (Lipinski definition) is 4. The number of para-hydroxylation sites is 1. The molecule has 1 fully saturated rings. The van der Waals surface area contributed by atoms with Gasteiger partial charge < -0.3 is 10.1 Å². The molecule has 30 heavy (non-hydrogen) atoms. The van der Waals surface area contributed by atoms with E-state index >= 15 is 0 Å². The van der Waals surface area contributed by atoms with Crippen LogP contribution < -0.4 is 20.8 Å². The fourth-order valence-electron chi connectivity index (χ4n) is 4.09. The van der Waals surface area contributed by atoms with Crippen LogP contribution in [0.1, 0.15) is 18.5 Å². The number of rotatable bonds is 3. The maximum absolute atomic E-state index is 13.4. The molecule has 1 N–H and O–H groups in total. The van der Waals surface area contributed by atoms with Crippen molar-refractivity contribution in [2.45, 2.75) is 19.8 Å². The topological polar surface area (TPSA) is 60.6 Å². The number of halogens is 1. The van der Waals surface area contributed by atoms with Crippen LogP contribution in [0, 0.1) is 6.92 Å². The first kappa shape index (κ1) is 20.2. The Morgan fingerprint density at radius 2 is 1.80 bits per heavy atom. The molecule has 4 aromatic rings. The van der Waals surface area contributed by atoms with Crippen molar-refractivity contribution >= 4 is 28.3 Å². The Labute approximate surface area is 184 Å². The number of benzene rings is 2. The highest BCUT2D eigenvalue weighted by molar-refractivity contribution is 8.93. The molecular weight excluding hydrogens is 444 g/mol. The number of aryl methyl sites for hydroxylation is 1. The average molecular weight is 467 g/mol. The highest BCUT2D eigenvalue weighted by Crippen LogP contribution is 2.26. The Hall–Kier alpha value is -3.06. The van der Waals surface area contributed by atoms with E-state index in [1.807, 2.05) is 66.0 Å². The molecule has 6 nitrogen and oxygen atoms in total. The standard InChI is InChI=1S/C23H22N4O2.BrH/c1-15-21(16-10-12-18(29-2)13-11-16)25-22-20(19-9-6-14-24-19)23(28)27(26(15)22)17-7-4-3-5-8-17;/h3-5,7-8,10-13,24H,6,9,14H2,1-2H3;1H/b20-19-;. The zero-order valence-electron chi connectivity index (χ0n) is 16.9. The first-order chi connectivity index (χ1) is 14.2. The number of nitrogens with one attached hydrogen (secondary N) is 1. The molecule has 2 aromatic carbocycles. The lowest BCUT2D eigenvalue weighted by Crippen LogP contribution is -2.32. The Morgan fingerprint density at radius 3 is 2.43 bits per heavy atom. The average Bonchev–Trinajstić information content (AvgIpc) is 3.45. The predicted octanol–water partition coefficient (Wildman–Crippen LogP) is 3.26. The van der Waals surface area contributed by atoms with Gasteiger partial charge in [0.05, 0.1) is 24.2 Å². The molecule has 0 aliphatic carbocycles. The largest absolute Gasteiger partial charge is 0.497 e. The lowest BCUT2D eigenvalue weighted by Gasteiger charge is -2.06. The molecule has 0 amide bonds. The zero-order chi connectivity index (χ0) is 20.0. The Morgan fingerprint density at radius 1 is 1.07 bits per heavy atom. The molecule has 5 rings (SSSR count). The van der Waals surface area contributed by atoms with Crippen molar-refractivity contribution in [2.24, 2.45) is 0 Å². The van der Waals surface area contributed by atoms with Crippen LogP contribution in [0.3, 0.4) is 0 Å². The molecule has 0 unspecified atom stereocenters. The van der Waals surface area contributed by atoms with Crippen molar-refractivity contribution in [3.8, 4) is 22.7 Å². The SMILES string of the molecule is Br.COc1ccc(-c2nc3/c(=C4\CCCN4)c(=O)n(-c4ccccc4)n3c2C)cc1. The fourth-order valence-corrected chi connectivity index (χ4v) is 4.09. The smallest absolute Gasteiger partial charge is 0.283 e. The van der Waals surface area contributed by atoms with Gasteiger partial charge in [-0.15, -0.1) is 17.0 Å². The van der Waals surface area contributed by atoms with E-state index < -0.39 is 0 Å². The van der Waals surface area contributed by atoms with Gasteiger partial charge in [-0.3, -0.25) is 4.79 Å². The van der Waals surface area contributed by atoms with Crippen LogP contribution in [0.2, 0.25) is 0 Å². The van der Waals surface area contributed by atoms with Gasteiger partial charge in [-0.25, -0.2) is 14.2 Å². The number of nitrogens with zero attached hydrogens (tertiary/aromatic N) is 3. The quantitative estimate of drug-likeness (QED) is 0.503. The molecule has 2 aromatic heterocycles. The van der Waals surface area contributed by atoms with Crippen molar-refractivity contribution < 1.29 is 4.74 Å². The van der Waals surface area contributed by atoms with Gasteiger partial charge in [0.15, 0.2) is 5.65 Å². The lowest BCUT2D eigenvalue weighted by atomic mass is 10.1. The van der Waals surface area contributed by atoms with Gasteiger partial charge in [0.25, 0.3) is 5.56 Å². The van der Waals surface area contributed by atoms with Crippen LogP contribution in [0.4, 0.5) is 0 Å². The number of fused-ring (bicyclic) bond motifs is 1. The second-order valence-electron chi connectivity index (χ2n) is 7.25. The zero-order valence-corrected chi connectivity index (χ0v) is 18.6. The number of imidazole rings is 1. The van der Waals surface area contributed by atoms with E-state index in [2.05, 4.69) is 5.32 Å². The normalized spacial score (nSPS) is 15.1. The molecule has 154 valence electrons. The van der Waals surface area contributed by atoms with Crippen LogP contribution in [0.5, 0.6) is 5.75 Å². The summed E-state index contributed by atoms with van der Waals surface area (Å²) in [5.41, 5.74) is 5.27. The minimum atomic E-state index is -0.0347. The van der Waals surface area contributed by atoms with E-state index in [-0.39, 0.29) is 22.5 Å². The minimum absolute atomic E-state index is 0. The molecule has 0 radical (unpaired) electrons. The number of methoxy groups -OCH3 is 1. The van der Waals surface area contributed by atoms with E-state index in [1.54, 1.807) is 11.8 Å². The molecular formula is C23H23BrN4O2. The monoisotopic (exact) mass is 466 g/mol.